The molecule has 0 aliphatic heterocycles. The summed E-state index contributed by atoms with van der Waals surface area (Å²) in [4.78, 5) is 15.1. The summed E-state index contributed by atoms with van der Waals surface area (Å²) in [6.45, 7) is 0. The standard InChI is InChI=1S/C49H33N3O/c53-45-27-13-26-44(46(45)43-24-10-9-23-42(43)39-21-11-20-38(32-39)33-14-3-1-4-15-33)49-51-47(36-17-5-2-6-18-36)50-48(52-49)37-30-28-35(29-31-37)41-25-12-19-34-16-7-8-22-40(34)41/h1-32,53H. The van der Waals surface area contributed by atoms with Crippen LogP contribution in [-0.4, -0.2) is 20.1 Å². The number of benzene rings is 8. The minimum atomic E-state index is 0.150. The first kappa shape index (κ1) is 31.8. The summed E-state index contributed by atoms with van der Waals surface area (Å²) in [5, 5.41) is 14.0. The molecule has 0 fully saturated rings. The van der Waals surface area contributed by atoms with Gasteiger partial charge in [0.25, 0.3) is 0 Å². The van der Waals surface area contributed by atoms with Crippen molar-refractivity contribution in [1.82, 2.24) is 15.0 Å². The van der Waals surface area contributed by atoms with Crippen LogP contribution < -0.4 is 0 Å². The highest BCUT2D eigenvalue weighted by atomic mass is 16.3. The highest BCUT2D eigenvalue weighted by Gasteiger charge is 2.20. The maximum atomic E-state index is 11.6. The van der Waals surface area contributed by atoms with Crippen LogP contribution in [0.5, 0.6) is 5.75 Å². The first-order valence-corrected chi connectivity index (χ1v) is 17.7. The van der Waals surface area contributed by atoms with Crippen LogP contribution in [0.4, 0.5) is 0 Å². The van der Waals surface area contributed by atoms with E-state index in [-0.39, 0.29) is 5.75 Å². The first-order chi connectivity index (χ1) is 26.2. The minimum absolute atomic E-state index is 0.150. The Hall–Kier alpha value is -7.17. The molecule has 0 aliphatic carbocycles. The first-order valence-electron chi connectivity index (χ1n) is 17.7. The summed E-state index contributed by atoms with van der Waals surface area (Å²) in [7, 11) is 0. The van der Waals surface area contributed by atoms with E-state index in [4.69, 9.17) is 15.0 Å². The molecule has 0 atom stereocenters. The SMILES string of the molecule is Oc1cccc(-c2nc(-c3ccccc3)nc(-c3ccc(-c4cccc5ccccc45)cc3)n2)c1-c1ccccc1-c1cccc(-c2ccccc2)c1. The zero-order valence-electron chi connectivity index (χ0n) is 28.8. The molecule has 9 aromatic rings. The van der Waals surface area contributed by atoms with Crippen molar-refractivity contribution < 1.29 is 5.11 Å². The van der Waals surface area contributed by atoms with Gasteiger partial charge in [-0.05, 0) is 61.8 Å². The van der Waals surface area contributed by atoms with Crippen molar-refractivity contribution in [3.63, 3.8) is 0 Å². The van der Waals surface area contributed by atoms with Crippen LogP contribution in [0.2, 0.25) is 0 Å². The summed E-state index contributed by atoms with van der Waals surface area (Å²) in [6.07, 6.45) is 0. The van der Waals surface area contributed by atoms with Gasteiger partial charge in [0, 0.05) is 22.3 Å². The number of rotatable bonds is 7. The van der Waals surface area contributed by atoms with Crippen molar-refractivity contribution in [3.05, 3.63) is 194 Å². The van der Waals surface area contributed by atoms with Crippen molar-refractivity contribution in [2.45, 2.75) is 0 Å². The summed E-state index contributed by atoms with van der Waals surface area (Å²) >= 11 is 0. The van der Waals surface area contributed by atoms with Crippen LogP contribution >= 0.6 is 0 Å². The Morgan fingerprint density at radius 2 is 0.792 bits per heavy atom. The second-order valence-electron chi connectivity index (χ2n) is 13.0. The van der Waals surface area contributed by atoms with Gasteiger partial charge < -0.3 is 5.11 Å². The highest BCUT2D eigenvalue weighted by Crippen LogP contribution is 2.43. The molecule has 4 nitrogen and oxygen atoms in total. The fourth-order valence-electron chi connectivity index (χ4n) is 7.08. The molecule has 0 amide bonds. The van der Waals surface area contributed by atoms with E-state index in [1.54, 1.807) is 6.07 Å². The van der Waals surface area contributed by atoms with Crippen LogP contribution in [0, 0.1) is 0 Å². The third-order valence-electron chi connectivity index (χ3n) is 9.67. The Bertz CT molecular complexity index is 2720. The normalized spacial score (nSPS) is 11.1. The molecule has 0 radical (unpaired) electrons. The lowest BCUT2D eigenvalue weighted by molar-refractivity contribution is 0.477. The van der Waals surface area contributed by atoms with E-state index in [0.29, 0.717) is 28.6 Å². The fourth-order valence-corrected chi connectivity index (χ4v) is 7.08. The molecule has 0 saturated heterocycles. The van der Waals surface area contributed by atoms with Gasteiger partial charge in [-0.1, -0.05) is 182 Å². The van der Waals surface area contributed by atoms with Gasteiger partial charge in [0.15, 0.2) is 17.5 Å². The topological polar surface area (TPSA) is 58.9 Å². The molecule has 4 heteroatoms. The number of fused-ring (bicyclic) bond motifs is 1. The summed E-state index contributed by atoms with van der Waals surface area (Å²) in [6, 6.07) is 65.8. The van der Waals surface area contributed by atoms with E-state index in [2.05, 4.69) is 127 Å². The number of hydrogen-bond acceptors (Lipinski definition) is 4. The Morgan fingerprint density at radius 3 is 1.57 bits per heavy atom. The van der Waals surface area contributed by atoms with Gasteiger partial charge in [-0.25, -0.2) is 15.0 Å². The number of nitrogens with zero attached hydrogens (tertiary/aromatic N) is 3. The van der Waals surface area contributed by atoms with Gasteiger partial charge in [-0.15, -0.1) is 0 Å². The second kappa shape index (κ2) is 13.9. The number of hydrogen-bond donors (Lipinski definition) is 1. The third kappa shape index (κ3) is 6.24. The van der Waals surface area contributed by atoms with E-state index in [1.807, 2.05) is 60.7 Å². The maximum Gasteiger partial charge on any atom is 0.164 e. The van der Waals surface area contributed by atoms with Crippen LogP contribution in [0.15, 0.2) is 194 Å². The minimum Gasteiger partial charge on any atom is -0.507 e. The average molecular weight is 680 g/mol. The molecule has 1 aromatic heterocycles. The van der Waals surface area contributed by atoms with Crippen LogP contribution in [0.25, 0.3) is 89.4 Å². The highest BCUT2D eigenvalue weighted by molar-refractivity contribution is 5.97. The van der Waals surface area contributed by atoms with Crippen LogP contribution in [0.3, 0.4) is 0 Å². The van der Waals surface area contributed by atoms with Gasteiger partial charge in [-0.3, -0.25) is 0 Å². The van der Waals surface area contributed by atoms with Crippen LogP contribution in [0.1, 0.15) is 0 Å². The van der Waals surface area contributed by atoms with Gasteiger partial charge in [0.1, 0.15) is 5.75 Å². The molecule has 53 heavy (non-hydrogen) atoms. The average Bonchev–Trinajstić information content (AvgIpc) is 3.24. The zero-order chi connectivity index (χ0) is 35.6. The van der Waals surface area contributed by atoms with Crippen molar-refractivity contribution in [1.29, 1.82) is 0 Å². The summed E-state index contributed by atoms with van der Waals surface area (Å²) in [5.41, 5.74) is 10.6. The monoisotopic (exact) mass is 679 g/mol. The van der Waals surface area contributed by atoms with E-state index in [1.165, 1.54) is 16.3 Å². The Balaban J connectivity index is 1.18. The number of aromatic hydroxyl groups is 1. The molecule has 0 aliphatic rings. The van der Waals surface area contributed by atoms with Gasteiger partial charge in [0.05, 0.1) is 0 Å². The summed E-state index contributed by atoms with van der Waals surface area (Å²) < 4.78 is 0. The Labute approximate surface area is 308 Å². The number of phenolic OH excluding ortho intramolecular Hbond substituents is 1. The molecule has 0 unspecified atom stereocenters. The smallest absolute Gasteiger partial charge is 0.164 e. The van der Waals surface area contributed by atoms with Gasteiger partial charge >= 0.3 is 0 Å². The molecular formula is C49H33N3O. The van der Waals surface area contributed by atoms with Crippen LogP contribution in [-0.2, 0) is 0 Å². The molecule has 250 valence electrons. The fraction of sp³-hybridized carbons (Fsp3) is 0. The van der Waals surface area contributed by atoms with E-state index < -0.39 is 0 Å². The molecule has 9 rings (SSSR count). The third-order valence-corrected chi connectivity index (χ3v) is 9.67. The quantitative estimate of drug-likeness (QED) is 0.182. The lowest BCUT2D eigenvalue weighted by Gasteiger charge is -2.17. The lowest BCUT2D eigenvalue weighted by Crippen LogP contribution is -2.01. The molecule has 1 heterocycles. The molecule has 0 spiro atoms. The molecular weight excluding hydrogens is 647 g/mol. The van der Waals surface area contributed by atoms with Crippen molar-refractivity contribution in [2.75, 3.05) is 0 Å². The molecule has 8 aromatic carbocycles. The predicted molar refractivity (Wildman–Crippen MR) is 217 cm³/mol. The largest absolute Gasteiger partial charge is 0.507 e. The van der Waals surface area contributed by atoms with Crippen molar-refractivity contribution >= 4 is 10.8 Å². The van der Waals surface area contributed by atoms with Crippen molar-refractivity contribution in [2.24, 2.45) is 0 Å². The summed E-state index contributed by atoms with van der Waals surface area (Å²) in [5.74, 6) is 1.74. The Kier molecular flexibility index (Phi) is 8.31. The maximum absolute atomic E-state index is 11.6. The number of phenols is 1. The van der Waals surface area contributed by atoms with E-state index in [9.17, 15) is 5.11 Å². The molecule has 1 N–H and O–H groups in total. The van der Waals surface area contributed by atoms with E-state index >= 15 is 0 Å². The van der Waals surface area contributed by atoms with Gasteiger partial charge in [-0.2, -0.15) is 0 Å². The Morgan fingerprint density at radius 1 is 0.302 bits per heavy atom. The second-order valence-corrected chi connectivity index (χ2v) is 13.0. The van der Waals surface area contributed by atoms with Crippen molar-refractivity contribution in [3.8, 4) is 84.4 Å². The lowest BCUT2D eigenvalue weighted by atomic mass is 9.89. The van der Waals surface area contributed by atoms with E-state index in [0.717, 1.165) is 44.5 Å². The molecule has 0 saturated carbocycles. The van der Waals surface area contributed by atoms with Gasteiger partial charge in [0.2, 0.25) is 0 Å². The predicted octanol–water partition coefficient (Wildman–Crippen LogP) is 12.4. The number of aromatic nitrogens is 3. The molecule has 0 bridgehead atoms. The zero-order valence-corrected chi connectivity index (χ0v) is 28.8.